The molecular formula is C31H37F3N4. The van der Waals surface area contributed by atoms with Crippen molar-refractivity contribution in [2.75, 3.05) is 0 Å². The largest absolute Gasteiger partial charge is 0.403 e. The molecular weight excluding hydrogens is 485 g/mol. The maximum Gasteiger partial charge on any atom is 0.403 e. The van der Waals surface area contributed by atoms with E-state index >= 15 is 0 Å². The van der Waals surface area contributed by atoms with Crippen molar-refractivity contribution >= 4 is 11.1 Å². The molecule has 0 aromatic carbocycles. The molecule has 0 aliphatic heterocycles. The molecule has 0 bridgehead atoms. The van der Waals surface area contributed by atoms with Crippen molar-refractivity contribution in [2.24, 2.45) is 11.8 Å². The van der Waals surface area contributed by atoms with Crippen LogP contribution in [0, 0.1) is 23.7 Å². The van der Waals surface area contributed by atoms with Gasteiger partial charge in [0.05, 0.1) is 5.69 Å². The highest BCUT2D eigenvalue weighted by Crippen LogP contribution is 2.50. The molecule has 2 fully saturated rings. The van der Waals surface area contributed by atoms with Crippen LogP contribution < -0.4 is 5.32 Å². The molecule has 38 heavy (non-hydrogen) atoms. The molecule has 0 radical (unpaired) electrons. The number of hydrogen-bond donors (Lipinski definition) is 1. The molecule has 3 atom stereocenters. The third-order valence-corrected chi connectivity index (χ3v) is 8.50. The number of unbranched alkanes of at least 4 members (excludes halogenated alkanes) is 1. The number of nitrogens with zero attached hydrogens (tertiary/aromatic N) is 3. The number of halogens is 3. The average Bonchev–Trinajstić information content (AvgIpc) is 3.72. The Bertz CT molecular complexity index is 1230. The van der Waals surface area contributed by atoms with E-state index < -0.39 is 12.2 Å². The summed E-state index contributed by atoms with van der Waals surface area (Å²) >= 11 is 0. The lowest BCUT2D eigenvalue weighted by Gasteiger charge is -2.37. The first-order chi connectivity index (χ1) is 18.3. The molecule has 2 aromatic heterocycles. The molecule has 1 N–H and O–H groups in total. The number of pyridine rings is 1. The second kappa shape index (κ2) is 11.2. The fourth-order valence-corrected chi connectivity index (χ4v) is 5.63. The van der Waals surface area contributed by atoms with Crippen LogP contribution >= 0.6 is 0 Å². The lowest BCUT2D eigenvalue weighted by Crippen LogP contribution is -2.39. The summed E-state index contributed by atoms with van der Waals surface area (Å²) in [4.78, 5) is 14.4. The molecule has 0 spiro atoms. The van der Waals surface area contributed by atoms with Gasteiger partial charge in [-0.1, -0.05) is 45.0 Å². The first-order valence-electron chi connectivity index (χ1n) is 14.1. The number of allylic oxidation sites excluding steroid dienone is 2. The van der Waals surface area contributed by atoms with Crippen LogP contribution in [0.3, 0.4) is 0 Å². The van der Waals surface area contributed by atoms with Crippen LogP contribution in [0.4, 0.5) is 13.2 Å². The molecule has 4 nitrogen and oxygen atoms in total. The average molecular weight is 523 g/mol. The Morgan fingerprint density at radius 1 is 1.08 bits per heavy atom. The molecule has 0 saturated heterocycles. The first-order valence-corrected chi connectivity index (χ1v) is 14.1. The van der Waals surface area contributed by atoms with Crippen molar-refractivity contribution < 1.29 is 13.2 Å². The fourth-order valence-electron chi connectivity index (χ4n) is 5.63. The van der Waals surface area contributed by atoms with E-state index in [1.54, 1.807) is 12.4 Å². The van der Waals surface area contributed by atoms with Gasteiger partial charge in [0.2, 0.25) is 0 Å². The van der Waals surface area contributed by atoms with Gasteiger partial charge in [-0.3, -0.25) is 4.98 Å². The Balaban J connectivity index is 1.56. The van der Waals surface area contributed by atoms with Crippen LogP contribution in [0.5, 0.6) is 0 Å². The van der Waals surface area contributed by atoms with Gasteiger partial charge in [-0.25, -0.2) is 9.97 Å². The minimum atomic E-state index is -4.29. The van der Waals surface area contributed by atoms with Gasteiger partial charge in [0.25, 0.3) is 0 Å². The summed E-state index contributed by atoms with van der Waals surface area (Å²) in [6.07, 6.45) is 9.87. The Morgan fingerprint density at radius 3 is 2.42 bits per heavy atom. The zero-order valence-electron chi connectivity index (χ0n) is 22.5. The molecule has 2 heterocycles. The van der Waals surface area contributed by atoms with Crippen molar-refractivity contribution in [1.29, 1.82) is 0 Å². The zero-order chi connectivity index (χ0) is 26.9. The summed E-state index contributed by atoms with van der Waals surface area (Å²) in [7, 11) is 0. The number of alkyl halides is 3. The fraction of sp³-hybridized carbons (Fsp3) is 0.581. The van der Waals surface area contributed by atoms with E-state index in [0.717, 1.165) is 48.6 Å². The van der Waals surface area contributed by atoms with Gasteiger partial charge in [-0.2, -0.15) is 13.2 Å². The number of aromatic nitrogens is 3. The Labute approximate surface area is 224 Å². The number of rotatable bonds is 7. The summed E-state index contributed by atoms with van der Waals surface area (Å²) in [6.45, 7) is 5.61. The van der Waals surface area contributed by atoms with Crippen molar-refractivity contribution in [3.63, 3.8) is 0 Å². The lowest BCUT2D eigenvalue weighted by molar-refractivity contribution is -0.151. The maximum absolute atomic E-state index is 12.9. The van der Waals surface area contributed by atoms with E-state index in [-0.39, 0.29) is 6.54 Å². The molecule has 3 aliphatic carbocycles. The van der Waals surface area contributed by atoms with Crippen LogP contribution in [0.1, 0.15) is 112 Å². The molecule has 5 rings (SSSR count). The Kier molecular flexibility index (Phi) is 7.90. The second-order valence-electron chi connectivity index (χ2n) is 11.3. The molecule has 0 amide bonds. The van der Waals surface area contributed by atoms with Gasteiger partial charge in [0.15, 0.2) is 5.82 Å². The topological polar surface area (TPSA) is 50.7 Å². The summed E-state index contributed by atoms with van der Waals surface area (Å²) in [6, 6.07) is 0.716. The third-order valence-electron chi connectivity index (χ3n) is 8.50. The lowest BCUT2D eigenvalue weighted by atomic mass is 9.68. The van der Waals surface area contributed by atoms with Gasteiger partial charge >= 0.3 is 6.18 Å². The molecule has 3 unspecified atom stereocenters. The first kappa shape index (κ1) is 26.9. The van der Waals surface area contributed by atoms with Crippen molar-refractivity contribution in [3.8, 4) is 11.8 Å². The number of hydrogen-bond acceptors (Lipinski definition) is 4. The summed E-state index contributed by atoms with van der Waals surface area (Å²) < 4.78 is 38.8. The molecule has 202 valence electrons. The zero-order valence-corrected chi connectivity index (χ0v) is 22.5. The second-order valence-corrected chi connectivity index (χ2v) is 11.3. The summed E-state index contributed by atoms with van der Waals surface area (Å²) in [5.41, 5.74) is 6.19. The minimum absolute atomic E-state index is 0.0579. The maximum atomic E-state index is 12.9. The number of nitrogens with one attached hydrogen (secondary N) is 1. The number of fused-ring (bicyclic) bond motifs is 1. The highest BCUT2D eigenvalue weighted by Gasteiger charge is 2.39. The van der Waals surface area contributed by atoms with Crippen LogP contribution in [0.25, 0.3) is 11.1 Å². The van der Waals surface area contributed by atoms with Gasteiger partial charge in [0, 0.05) is 59.7 Å². The van der Waals surface area contributed by atoms with E-state index in [1.807, 2.05) is 0 Å². The highest BCUT2D eigenvalue weighted by atomic mass is 19.4. The van der Waals surface area contributed by atoms with E-state index in [2.05, 4.69) is 53.2 Å². The standard InChI is InChI=1S/C31H37F3N4/c1-4-5-6-10-25-27-13-24(22-11-12-22)18-36-29(27)19(2)26(23-8-7-9-23)14-28(25)30-37-16-21(17-38-30)15-35-20(3)31(32,33)34/h13,16-20,22-23,26,35H,4-5,7-9,11-12,14-15H2,1-3H3. The van der Waals surface area contributed by atoms with Crippen LogP contribution in [-0.2, 0) is 6.54 Å². The quantitative estimate of drug-likeness (QED) is 0.384. The van der Waals surface area contributed by atoms with Crippen LogP contribution in [0.15, 0.2) is 24.7 Å². The summed E-state index contributed by atoms with van der Waals surface area (Å²) in [5.74, 6) is 9.48. The van der Waals surface area contributed by atoms with E-state index in [1.165, 1.54) is 37.7 Å². The van der Waals surface area contributed by atoms with Crippen molar-refractivity contribution in [3.05, 3.63) is 52.9 Å². The van der Waals surface area contributed by atoms with Crippen LogP contribution in [-0.4, -0.2) is 27.2 Å². The van der Waals surface area contributed by atoms with Gasteiger partial charge in [-0.05, 0) is 62.0 Å². The predicted octanol–water partition coefficient (Wildman–Crippen LogP) is 7.43. The highest BCUT2D eigenvalue weighted by molar-refractivity contribution is 5.98. The van der Waals surface area contributed by atoms with E-state index in [0.29, 0.717) is 35.1 Å². The monoisotopic (exact) mass is 522 g/mol. The van der Waals surface area contributed by atoms with E-state index in [9.17, 15) is 13.2 Å². The Morgan fingerprint density at radius 2 is 1.82 bits per heavy atom. The summed E-state index contributed by atoms with van der Waals surface area (Å²) in [5, 5.41) is 2.52. The van der Waals surface area contributed by atoms with Gasteiger partial charge in [0.1, 0.15) is 6.04 Å². The van der Waals surface area contributed by atoms with Gasteiger partial charge < -0.3 is 5.32 Å². The smallest absolute Gasteiger partial charge is 0.302 e. The van der Waals surface area contributed by atoms with Crippen LogP contribution in [0.2, 0.25) is 0 Å². The third kappa shape index (κ3) is 5.81. The Hall–Kier alpha value is -2.72. The molecule has 2 saturated carbocycles. The molecule has 3 aliphatic rings. The normalized spacial score (nSPS) is 22.7. The molecule has 2 aromatic rings. The van der Waals surface area contributed by atoms with E-state index in [4.69, 9.17) is 4.98 Å². The predicted molar refractivity (Wildman–Crippen MR) is 144 cm³/mol. The SMILES string of the molecule is CCCC#CC1=C(c2ncc(CNC(C)C(F)(F)F)cn2)CC(C2CCC2)C(C)c2ncc(C3CC3)cc21. The molecule has 7 heteroatoms. The van der Waals surface area contributed by atoms with Crippen molar-refractivity contribution in [1.82, 2.24) is 20.3 Å². The minimum Gasteiger partial charge on any atom is -0.302 e. The van der Waals surface area contributed by atoms with Gasteiger partial charge in [-0.15, -0.1) is 0 Å². The van der Waals surface area contributed by atoms with Crippen molar-refractivity contribution in [2.45, 2.75) is 103 Å².